The van der Waals surface area contributed by atoms with E-state index < -0.39 is 36.1 Å². The summed E-state index contributed by atoms with van der Waals surface area (Å²) in [5, 5.41) is 0. The van der Waals surface area contributed by atoms with E-state index >= 15 is 0 Å². The number of nitrogens with zero attached hydrogens (tertiary/aromatic N) is 3. The fourth-order valence-electron chi connectivity index (χ4n) is 1.98. The van der Waals surface area contributed by atoms with Gasteiger partial charge in [-0.3, -0.25) is 19.3 Å². The van der Waals surface area contributed by atoms with Gasteiger partial charge >= 0.3 is 17.8 Å². The van der Waals surface area contributed by atoms with Gasteiger partial charge in [-0.25, -0.2) is 14.1 Å². The summed E-state index contributed by atoms with van der Waals surface area (Å²) < 4.78 is 13.5. The van der Waals surface area contributed by atoms with E-state index in [2.05, 4.69) is 0 Å². The molecule has 0 spiro atoms. The Morgan fingerprint density at radius 1 is 1.18 bits per heavy atom. The summed E-state index contributed by atoms with van der Waals surface area (Å²) in [6, 6.07) is 5.13. The van der Waals surface area contributed by atoms with Crippen LogP contribution >= 0.6 is 0 Å². The zero-order chi connectivity index (χ0) is 16.4. The second-order valence-electron chi connectivity index (χ2n) is 4.88. The zero-order valence-corrected chi connectivity index (χ0v) is 12.1. The molecule has 0 unspecified atom stereocenters. The van der Waals surface area contributed by atoms with Crippen molar-refractivity contribution in [1.29, 1.82) is 0 Å². The molecule has 1 aliphatic rings. The number of hydrogen-bond donors (Lipinski definition) is 0. The van der Waals surface area contributed by atoms with Crippen molar-refractivity contribution in [2.75, 3.05) is 20.6 Å². The van der Waals surface area contributed by atoms with Crippen LogP contribution < -0.4 is 0 Å². The number of carbonyl (C=O) groups excluding carboxylic acids is 4. The van der Waals surface area contributed by atoms with Gasteiger partial charge in [0.05, 0.1) is 0 Å². The second kappa shape index (κ2) is 5.92. The van der Waals surface area contributed by atoms with Crippen molar-refractivity contribution >= 4 is 23.8 Å². The first-order valence-corrected chi connectivity index (χ1v) is 6.43. The van der Waals surface area contributed by atoms with E-state index in [-0.39, 0.29) is 6.54 Å². The van der Waals surface area contributed by atoms with Crippen LogP contribution in [0.1, 0.15) is 5.56 Å². The largest absolute Gasteiger partial charge is 0.340 e. The number of urea groups is 1. The van der Waals surface area contributed by atoms with Crippen LogP contribution in [0.2, 0.25) is 0 Å². The third-order valence-electron chi connectivity index (χ3n) is 3.34. The first kappa shape index (κ1) is 15.6. The molecule has 1 aliphatic heterocycles. The van der Waals surface area contributed by atoms with Gasteiger partial charge in [0.2, 0.25) is 5.91 Å². The van der Waals surface area contributed by atoms with E-state index in [1.165, 1.54) is 30.1 Å². The Bertz CT molecular complexity index is 661. The van der Waals surface area contributed by atoms with Crippen LogP contribution in [-0.2, 0) is 20.9 Å². The number of hydrogen-bond acceptors (Lipinski definition) is 4. The Labute approximate surface area is 125 Å². The van der Waals surface area contributed by atoms with E-state index in [1.807, 2.05) is 0 Å². The number of rotatable bonds is 4. The van der Waals surface area contributed by atoms with E-state index in [0.29, 0.717) is 15.4 Å². The van der Waals surface area contributed by atoms with Crippen molar-refractivity contribution < 1.29 is 23.6 Å². The van der Waals surface area contributed by atoms with Crippen LogP contribution in [0.4, 0.5) is 9.18 Å². The lowest BCUT2D eigenvalue weighted by Crippen LogP contribution is -2.41. The molecule has 8 heteroatoms. The number of benzene rings is 1. The highest BCUT2D eigenvalue weighted by Crippen LogP contribution is 2.12. The first-order chi connectivity index (χ1) is 10.3. The van der Waals surface area contributed by atoms with Gasteiger partial charge in [0.25, 0.3) is 0 Å². The maximum atomic E-state index is 13.5. The molecule has 0 bridgehead atoms. The molecule has 1 saturated heterocycles. The van der Waals surface area contributed by atoms with Crippen molar-refractivity contribution in [3.8, 4) is 0 Å². The highest BCUT2D eigenvalue weighted by molar-refractivity contribution is 6.44. The normalized spacial score (nSPS) is 14.8. The van der Waals surface area contributed by atoms with Gasteiger partial charge in [0, 0.05) is 26.2 Å². The average molecular weight is 307 g/mol. The SMILES string of the molecule is CN(Cc1ccccc1F)C(=O)CN1C(=O)C(=O)N(C)C1=O. The number of amides is 5. The summed E-state index contributed by atoms with van der Waals surface area (Å²) in [5.41, 5.74) is 0.311. The summed E-state index contributed by atoms with van der Waals surface area (Å²) >= 11 is 0. The molecule has 116 valence electrons. The van der Waals surface area contributed by atoms with Gasteiger partial charge < -0.3 is 4.90 Å². The highest BCUT2D eigenvalue weighted by atomic mass is 19.1. The van der Waals surface area contributed by atoms with Crippen LogP contribution in [0.25, 0.3) is 0 Å². The molecule has 0 aliphatic carbocycles. The molecular weight excluding hydrogens is 293 g/mol. The maximum Gasteiger partial charge on any atom is 0.334 e. The summed E-state index contributed by atoms with van der Waals surface area (Å²) in [4.78, 5) is 49.1. The van der Waals surface area contributed by atoms with Crippen molar-refractivity contribution in [1.82, 2.24) is 14.7 Å². The third kappa shape index (κ3) is 2.80. The Hall–Kier alpha value is -2.77. The molecule has 2 rings (SSSR count). The van der Waals surface area contributed by atoms with Gasteiger partial charge in [-0.15, -0.1) is 0 Å². The average Bonchev–Trinajstić information content (AvgIpc) is 2.67. The summed E-state index contributed by atoms with van der Waals surface area (Å²) in [7, 11) is 2.58. The fraction of sp³-hybridized carbons (Fsp3) is 0.286. The lowest BCUT2D eigenvalue weighted by molar-refractivity contribution is -0.144. The Balaban J connectivity index is 2.03. The predicted molar refractivity (Wildman–Crippen MR) is 72.8 cm³/mol. The summed E-state index contributed by atoms with van der Waals surface area (Å²) in [6.07, 6.45) is 0. The predicted octanol–water partition coefficient (Wildman–Crippen LogP) is 0.205. The van der Waals surface area contributed by atoms with Crippen LogP contribution in [-0.4, -0.2) is 59.1 Å². The molecule has 0 aromatic heterocycles. The van der Waals surface area contributed by atoms with Gasteiger partial charge in [-0.05, 0) is 6.07 Å². The molecular formula is C14H14FN3O4. The smallest absolute Gasteiger partial charge is 0.334 e. The van der Waals surface area contributed by atoms with Crippen LogP contribution in [0.3, 0.4) is 0 Å². The second-order valence-corrected chi connectivity index (χ2v) is 4.88. The molecule has 0 radical (unpaired) electrons. The van der Waals surface area contributed by atoms with Gasteiger partial charge in [-0.1, -0.05) is 18.2 Å². The number of likely N-dealkylation sites (N-methyl/N-ethyl adjacent to an activating group) is 2. The number of imide groups is 2. The molecule has 1 fully saturated rings. The highest BCUT2D eigenvalue weighted by Gasteiger charge is 2.43. The van der Waals surface area contributed by atoms with Gasteiger partial charge in [0.1, 0.15) is 12.4 Å². The van der Waals surface area contributed by atoms with E-state index in [4.69, 9.17) is 0 Å². The molecule has 7 nitrogen and oxygen atoms in total. The molecule has 22 heavy (non-hydrogen) atoms. The summed E-state index contributed by atoms with van der Waals surface area (Å²) in [5.74, 6) is -3.05. The molecule has 0 atom stereocenters. The Kier molecular flexibility index (Phi) is 4.20. The lowest BCUT2D eigenvalue weighted by Gasteiger charge is -2.20. The number of carbonyl (C=O) groups is 4. The monoisotopic (exact) mass is 307 g/mol. The van der Waals surface area contributed by atoms with Crippen LogP contribution in [0, 0.1) is 5.82 Å². The third-order valence-corrected chi connectivity index (χ3v) is 3.34. The van der Waals surface area contributed by atoms with Crippen LogP contribution in [0.15, 0.2) is 24.3 Å². The van der Waals surface area contributed by atoms with Gasteiger partial charge in [0.15, 0.2) is 0 Å². The quantitative estimate of drug-likeness (QED) is 0.588. The fourth-order valence-corrected chi connectivity index (χ4v) is 1.98. The van der Waals surface area contributed by atoms with E-state index in [9.17, 15) is 23.6 Å². The lowest BCUT2D eigenvalue weighted by atomic mass is 10.2. The molecule has 0 N–H and O–H groups in total. The van der Waals surface area contributed by atoms with Gasteiger partial charge in [-0.2, -0.15) is 0 Å². The van der Waals surface area contributed by atoms with Crippen molar-refractivity contribution in [3.05, 3.63) is 35.6 Å². The van der Waals surface area contributed by atoms with Crippen molar-refractivity contribution in [3.63, 3.8) is 0 Å². The molecule has 0 saturated carbocycles. The molecule has 5 amide bonds. The molecule has 1 aromatic rings. The molecule has 1 aromatic carbocycles. The topological polar surface area (TPSA) is 78.0 Å². The maximum absolute atomic E-state index is 13.5. The van der Waals surface area contributed by atoms with Crippen molar-refractivity contribution in [2.45, 2.75) is 6.54 Å². The number of halogens is 1. The van der Waals surface area contributed by atoms with Crippen molar-refractivity contribution in [2.24, 2.45) is 0 Å². The minimum atomic E-state index is -1.04. The minimum Gasteiger partial charge on any atom is -0.340 e. The Morgan fingerprint density at radius 3 is 2.36 bits per heavy atom. The van der Waals surface area contributed by atoms with Crippen LogP contribution in [0.5, 0.6) is 0 Å². The summed E-state index contributed by atoms with van der Waals surface area (Å²) in [6.45, 7) is -0.565. The minimum absolute atomic E-state index is 0.00842. The first-order valence-electron chi connectivity index (χ1n) is 6.43. The van der Waals surface area contributed by atoms with E-state index in [1.54, 1.807) is 6.07 Å². The zero-order valence-electron chi connectivity index (χ0n) is 12.1. The Morgan fingerprint density at radius 2 is 1.82 bits per heavy atom. The van der Waals surface area contributed by atoms with E-state index in [0.717, 1.165) is 7.05 Å². The molecule has 1 heterocycles. The standard InChI is InChI=1S/C14H14FN3O4/c1-16(7-9-5-3-4-6-10(9)15)11(19)8-18-13(21)12(20)17(2)14(18)22/h3-6H,7-8H2,1-2H3.